The minimum Gasteiger partial charge on any atom is -0.207 e. The van der Waals surface area contributed by atoms with Crippen LogP contribution in [0.5, 0.6) is 0 Å². The van der Waals surface area contributed by atoms with E-state index in [1.54, 1.807) is 24.3 Å². The van der Waals surface area contributed by atoms with Gasteiger partial charge in [-0.3, -0.25) is 0 Å². The molecule has 0 spiro atoms. The Morgan fingerprint density at radius 1 is 1.11 bits per heavy atom. The first kappa shape index (κ1) is 12.2. The fourth-order valence-corrected chi connectivity index (χ4v) is 3.71. The Bertz CT molecular complexity index is 781. The van der Waals surface area contributed by atoms with Crippen LogP contribution >= 0.6 is 0 Å². The molecule has 3 rings (SSSR count). The third kappa shape index (κ3) is 2.09. The van der Waals surface area contributed by atoms with Gasteiger partial charge >= 0.3 is 0 Å². The standard InChI is InChI=1S/C14H12N2O2S/c15-10-14(8-9-14)16-19(17,18)13-7-3-5-11-4-1-2-6-12(11)13/h1-7,16H,8-9H2. The van der Waals surface area contributed by atoms with E-state index in [1.807, 2.05) is 24.3 Å². The summed E-state index contributed by atoms with van der Waals surface area (Å²) >= 11 is 0. The lowest BCUT2D eigenvalue weighted by Crippen LogP contribution is -2.35. The molecule has 5 heteroatoms. The van der Waals surface area contributed by atoms with Crippen LogP contribution in [0.15, 0.2) is 47.4 Å². The van der Waals surface area contributed by atoms with Crippen molar-refractivity contribution in [2.45, 2.75) is 23.3 Å². The number of benzene rings is 2. The average Bonchev–Trinajstić information content (AvgIpc) is 3.17. The summed E-state index contributed by atoms with van der Waals surface area (Å²) in [4.78, 5) is 0.229. The molecule has 1 aliphatic carbocycles. The fourth-order valence-electron chi connectivity index (χ4n) is 2.10. The summed E-state index contributed by atoms with van der Waals surface area (Å²) in [6.07, 6.45) is 1.15. The summed E-state index contributed by atoms with van der Waals surface area (Å²) in [5.41, 5.74) is -0.893. The van der Waals surface area contributed by atoms with Crippen molar-refractivity contribution in [3.05, 3.63) is 42.5 Å². The Kier molecular flexibility index (Phi) is 2.59. The zero-order valence-electron chi connectivity index (χ0n) is 10.1. The minimum absolute atomic E-state index is 0.229. The van der Waals surface area contributed by atoms with Crippen LogP contribution in [0.3, 0.4) is 0 Å². The van der Waals surface area contributed by atoms with Gasteiger partial charge in [-0.15, -0.1) is 0 Å². The molecular weight excluding hydrogens is 260 g/mol. The van der Waals surface area contributed by atoms with Gasteiger partial charge in [-0.25, -0.2) is 8.42 Å². The topological polar surface area (TPSA) is 70.0 Å². The van der Waals surface area contributed by atoms with Crippen molar-refractivity contribution >= 4 is 20.8 Å². The molecule has 0 aromatic heterocycles. The summed E-state index contributed by atoms with van der Waals surface area (Å²) in [5, 5.41) is 10.5. The Morgan fingerprint density at radius 2 is 1.79 bits per heavy atom. The van der Waals surface area contributed by atoms with Crippen molar-refractivity contribution < 1.29 is 8.42 Å². The molecule has 2 aromatic rings. The van der Waals surface area contributed by atoms with Crippen molar-refractivity contribution in [2.75, 3.05) is 0 Å². The van der Waals surface area contributed by atoms with Crippen molar-refractivity contribution in [1.82, 2.24) is 4.72 Å². The molecule has 0 bridgehead atoms. The van der Waals surface area contributed by atoms with Crippen LogP contribution in [0.2, 0.25) is 0 Å². The fraction of sp³-hybridized carbons (Fsp3) is 0.214. The maximum atomic E-state index is 12.4. The van der Waals surface area contributed by atoms with Gasteiger partial charge in [-0.1, -0.05) is 36.4 Å². The molecule has 0 radical (unpaired) electrons. The number of fused-ring (bicyclic) bond motifs is 1. The van der Waals surface area contributed by atoms with Gasteiger partial charge in [-0.05, 0) is 24.3 Å². The highest BCUT2D eigenvalue weighted by atomic mass is 32.2. The average molecular weight is 272 g/mol. The quantitative estimate of drug-likeness (QED) is 0.931. The maximum absolute atomic E-state index is 12.4. The number of hydrogen-bond donors (Lipinski definition) is 1. The molecule has 1 fully saturated rings. The second kappa shape index (κ2) is 4.05. The second-order valence-corrected chi connectivity index (χ2v) is 6.43. The van der Waals surface area contributed by atoms with E-state index in [0.29, 0.717) is 18.2 Å². The predicted octanol–water partition coefficient (Wildman–Crippen LogP) is 2.17. The third-order valence-electron chi connectivity index (χ3n) is 3.33. The van der Waals surface area contributed by atoms with Gasteiger partial charge in [0.2, 0.25) is 10.0 Å². The van der Waals surface area contributed by atoms with Gasteiger partial charge in [0.1, 0.15) is 5.54 Å². The SMILES string of the molecule is N#CC1(NS(=O)(=O)c2cccc3ccccc23)CC1. The first-order valence-electron chi connectivity index (χ1n) is 5.99. The monoisotopic (exact) mass is 272 g/mol. The lowest BCUT2D eigenvalue weighted by Gasteiger charge is -2.12. The molecule has 2 aromatic carbocycles. The van der Waals surface area contributed by atoms with E-state index < -0.39 is 15.6 Å². The lowest BCUT2D eigenvalue weighted by molar-refractivity contribution is 0.572. The number of sulfonamides is 1. The molecule has 4 nitrogen and oxygen atoms in total. The Hall–Kier alpha value is -1.90. The highest BCUT2D eigenvalue weighted by Gasteiger charge is 2.46. The van der Waals surface area contributed by atoms with Crippen LogP contribution in [0.25, 0.3) is 10.8 Å². The Labute approximate surface area is 111 Å². The smallest absolute Gasteiger partial charge is 0.207 e. The summed E-state index contributed by atoms with van der Waals surface area (Å²) in [6, 6.07) is 14.5. The zero-order valence-corrected chi connectivity index (χ0v) is 10.9. The number of nitriles is 1. The Morgan fingerprint density at radius 3 is 2.47 bits per heavy atom. The summed E-state index contributed by atoms with van der Waals surface area (Å²) in [5.74, 6) is 0. The minimum atomic E-state index is -3.67. The van der Waals surface area contributed by atoms with E-state index in [9.17, 15) is 8.42 Å². The molecule has 0 aliphatic heterocycles. The van der Waals surface area contributed by atoms with E-state index in [1.165, 1.54) is 0 Å². The zero-order chi connectivity index (χ0) is 13.5. The molecule has 0 unspecified atom stereocenters. The van der Waals surface area contributed by atoms with E-state index >= 15 is 0 Å². The van der Waals surface area contributed by atoms with E-state index in [2.05, 4.69) is 4.72 Å². The third-order valence-corrected chi connectivity index (χ3v) is 4.93. The van der Waals surface area contributed by atoms with Crippen LogP contribution < -0.4 is 4.72 Å². The van der Waals surface area contributed by atoms with Crippen LogP contribution in [0.1, 0.15) is 12.8 Å². The van der Waals surface area contributed by atoms with Crippen LogP contribution in [0, 0.1) is 11.3 Å². The van der Waals surface area contributed by atoms with Crippen molar-refractivity contribution in [2.24, 2.45) is 0 Å². The largest absolute Gasteiger partial charge is 0.242 e. The predicted molar refractivity (Wildman–Crippen MR) is 71.8 cm³/mol. The summed E-state index contributed by atoms with van der Waals surface area (Å²) < 4.78 is 27.3. The Balaban J connectivity index is 2.12. The number of nitrogens with zero attached hydrogens (tertiary/aromatic N) is 1. The first-order valence-corrected chi connectivity index (χ1v) is 7.48. The van der Waals surface area contributed by atoms with Gasteiger partial charge < -0.3 is 0 Å². The van der Waals surface area contributed by atoms with Gasteiger partial charge in [-0.2, -0.15) is 9.98 Å². The molecule has 19 heavy (non-hydrogen) atoms. The highest BCUT2D eigenvalue weighted by molar-refractivity contribution is 7.89. The van der Waals surface area contributed by atoms with Gasteiger partial charge in [0.05, 0.1) is 11.0 Å². The molecule has 1 N–H and O–H groups in total. The van der Waals surface area contributed by atoms with Crippen molar-refractivity contribution in [3.63, 3.8) is 0 Å². The van der Waals surface area contributed by atoms with Crippen LogP contribution in [0.4, 0.5) is 0 Å². The molecule has 0 atom stereocenters. The maximum Gasteiger partial charge on any atom is 0.242 e. The van der Waals surface area contributed by atoms with E-state index in [-0.39, 0.29) is 4.90 Å². The molecule has 0 amide bonds. The number of rotatable bonds is 3. The number of nitrogens with one attached hydrogen (secondary N) is 1. The van der Waals surface area contributed by atoms with E-state index in [4.69, 9.17) is 5.26 Å². The highest BCUT2D eigenvalue weighted by Crippen LogP contribution is 2.36. The lowest BCUT2D eigenvalue weighted by atomic mass is 10.1. The molecule has 96 valence electrons. The van der Waals surface area contributed by atoms with Gasteiger partial charge in [0, 0.05) is 5.39 Å². The summed E-state index contributed by atoms with van der Waals surface area (Å²) in [6.45, 7) is 0. The van der Waals surface area contributed by atoms with Crippen molar-refractivity contribution in [3.8, 4) is 6.07 Å². The number of hydrogen-bond acceptors (Lipinski definition) is 3. The summed E-state index contributed by atoms with van der Waals surface area (Å²) in [7, 11) is -3.67. The van der Waals surface area contributed by atoms with Gasteiger partial charge in [0.15, 0.2) is 0 Å². The van der Waals surface area contributed by atoms with Crippen molar-refractivity contribution in [1.29, 1.82) is 5.26 Å². The van der Waals surface area contributed by atoms with Gasteiger partial charge in [0.25, 0.3) is 0 Å². The van der Waals surface area contributed by atoms with E-state index in [0.717, 1.165) is 5.39 Å². The van der Waals surface area contributed by atoms with Crippen LogP contribution in [-0.2, 0) is 10.0 Å². The first-order chi connectivity index (χ1) is 9.06. The molecule has 0 heterocycles. The molecule has 1 aliphatic rings. The molecular formula is C14H12N2O2S. The second-order valence-electron chi connectivity index (χ2n) is 4.78. The normalized spacial score (nSPS) is 17.0. The van der Waals surface area contributed by atoms with Crippen LogP contribution in [-0.4, -0.2) is 14.0 Å². The molecule has 1 saturated carbocycles. The molecule has 0 saturated heterocycles.